The Morgan fingerprint density at radius 2 is 1.56 bits per heavy atom. The van der Waals surface area contributed by atoms with Crippen LogP contribution in [0.2, 0.25) is 0 Å². The van der Waals surface area contributed by atoms with E-state index in [9.17, 15) is 4.79 Å². The van der Waals surface area contributed by atoms with Crippen molar-refractivity contribution < 1.29 is 5.73 Å². The molecule has 0 aliphatic carbocycles. The number of nitrogens with one attached hydrogen (secondary N) is 1. The van der Waals surface area contributed by atoms with Crippen molar-refractivity contribution in [3.8, 4) is 33.5 Å². The average molecular weight is 437 g/mol. The summed E-state index contributed by atoms with van der Waals surface area (Å²) in [5.74, 6) is 0. The summed E-state index contributed by atoms with van der Waals surface area (Å²) < 4.78 is 0. The third-order valence-electron chi connectivity index (χ3n) is 5.63. The van der Waals surface area contributed by atoms with E-state index < -0.39 is 0 Å². The molecule has 0 spiro atoms. The summed E-state index contributed by atoms with van der Waals surface area (Å²) in [6.07, 6.45) is 1.73. The number of nitrogens with zero attached hydrogens (tertiary/aromatic N) is 1. The second-order valence-corrected chi connectivity index (χ2v) is 8.19. The molecule has 0 radical (unpaired) electrons. The van der Waals surface area contributed by atoms with Gasteiger partial charge in [0.15, 0.2) is 0 Å². The Balaban J connectivity index is 1.84. The largest absolute Gasteiger partial charge is 0.354 e. The molecule has 3 aromatic carbocycles. The van der Waals surface area contributed by atoms with Gasteiger partial charge in [0.25, 0.3) is 5.56 Å². The molecule has 4 nitrogen and oxygen atoms in total. The molecule has 0 unspecified atom stereocenters. The van der Waals surface area contributed by atoms with Gasteiger partial charge in [-0.1, -0.05) is 66.7 Å². The van der Waals surface area contributed by atoms with E-state index in [4.69, 9.17) is 4.98 Å². The number of aromatic amines is 1. The molecule has 2 heterocycles. The van der Waals surface area contributed by atoms with Crippen LogP contribution >= 0.6 is 12.6 Å². The number of H-pyrrole nitrogens is 1. The van der Waals surface area contributed by atoms with Crippen molar-refractivity contribution in [3.63, 3.8) is 0 Å². The third-order valence-corrected chi connectivity index (χ3v) is 5.91. The molecule has 156 valence electrons. The Hall–Kier alpha value is -3.67. The van der Waals surface area contributed by atoms with E-state index in [1.165, 1.54) is 5.56 Å². The van der Waals surface area contributed by atoms with Crippen LogP contribution in [-0.2, 0) is 6.54 Å². The summed E-state index contributed by atoms with van der Waals surface area (Å²) in [6.45, 7) is 0.733. The zero-order chi connectivity index (χ0) is 22.1. The first kappa shape index (κ1) is 20.2. The Labute approximate surface area is 191 Å². The van der Waals surface area contributed by atoms with Crippen molar-refractivity contribution in [2.75, 3.05) is 0 Å². The van der Waals surface area contributed by atoms with E-state index in [-0.39, 0.29) is 5.56 Å². The van der Waals surface area contributed by atoms with Gasteiger partial charge in [0.1, 0.15) is 0 Å². The maximum atomic E-state index is 12.8. The van der Waals surface area contributed by atoms with Gasteiger partial charge in [0.05, 0.1) is 23.1 Å². The second kappa shape index (κ2) is 8.46. The molecule has 0 atom stereocenters. The molecule has 5 heteroatoms. The number of fused-ring (bicyclic) bond motifs is 1. The van der Waals surface area contributed by atoms with E-state index in [0.717, 1.165) is 45.0 Å². The van der Waals surface area contributed by atoms with Gasteiger partial charge in [-0.2, -0.15) is 0 Å². The fraction of sp³-hybridized carbons (Fsp3) is 0.0370. The normalized spacial score (nSPS) is 11.1. The predicted octanol–water partition coefficient (Wildman–Crippen LogP) is 4.95. The van der Waals surface area contributed by atoms with Crippen LogP contribution in [0.5, 0.6) is 0 Å². The molecule has 0 fully saturated rings. The van der Waals surface area contributed by atoms with Gasteiger partial charge in [0.2, 0.25) is 0 Å². The number of pyridine rings is 2. The highest BCUT2D eigenvalue weighted by Gasteiger charge is 2.16. The molecule has 5 rings (SSSR count). The van der Waals surface area contributed by atoms with Crippen molar-refractivity contribution in [1.29, 1.82) is 0 Å². The lowest BCUT2D eigenvalue weighted by atomic mass is 9.95. The van der Waals surface area contributed by atoms with Crippen molar-refractivity contribution >= 4 is 23.5 Å². The van der Waals surface area contributed by atoms with Gasteiger partial charge in [-0.25, -0.2) is 4.98 Å². The molecule has 5 aromatic rings. The molecule has 0 aliphatic rings. The maximum absolute atomic E-state index is 12.8. The van der Waals surface area contributed by atoms with Crippen LogP contribution < -0.4 is 11.3 Å². The average Bonchev–Trinajstić information content (AvgIpc) is 2.84. The van der Waals surface area contributed by atoms with E-state index in [1.54, 1.807) is 6.20 Å². The summed E-state index contributed by atoms with van der Waals surface area (Å²) in [5.41, 5.74) is 11.2. The van der Waals surface area contributed by atoms with Gasteiger partial charge in [-0.3, -0.25) is 4.79 Å². The Bertz CT molecular complexity index is 1480. The molecular formula is C27H22N3OS+. The molecule has 0 bridgehead atoms. The Morgan fingerprint density at radius 3 is 2.28 bits per heavy atom. The number of quaternary nitrogens is 1. The first-order chi connectivity index (χ1) is 15.6. The van der Waals surface area contributed by atoms with Crippen molar-refractivity contribution in [3.05, 3.63) is 107 Å². The van der Waals surface area contributed by atoms with E-state index >= 15 is 0 Å². The summed E-state index contributed by atoms with van der Waals surface area (Å²) in [4.78, 5) is 21.6. The van der Waals surface area contributed by atoms with Gasteiger partial charge in [-0.05, 0) is 29.3 Å². The van der Waals surface area contributed by atoms with Crippen molar-refractivity contribution in [2.24, 2.45) is 0 Å². The highest BCUT2D eigenvalue weighted by atomic mass is 32.1. The molecule has 2 aromatic heterocycles. The predicted molar refractivity (Wildman–Crippen MR) is 133 cm³/mol. The minimum atomic E-state index is -0.158. The van der Waals surface area contributed by atoms with E-state index in [1.807, 2.05) is 60.7 Å². The smallest absolute Gasteiger partial charge is 0.257 e. The first-order valence-corrected chi connectivity index (χ1v) is 10.9. The van der Waals surface area contributed by atoms with Crippen LogP contribution in [-0.4, -0.2) is 9.97 Å². The zero-order valence-electron chi connectivity index (χ0n) is 17.4. The lowest BCUT2D eigenvalue weighted by Gasteiger charge is -2.14. The number of hydrogen-bond donors (Lipinski definition) is 3. The molecule has 0 saturated carbocycles. The van der Waals surface area contributed by atoms with Gasteiger partial charge < -0.3 is 10.7 Å². The standard InChI is InChI=1S/C27H21N3OS/c28-15-17-9-11-19(12-10-17)25-22(18-5-2-1-3-6-18)14-23-26(30-25)24(16-29-27(23)31)20-7-4-8-21(32)13-20/h1-14,16,32H,15,28H2,(H,29,31)/p+1. The van der Waals surface area contributed by atoms with Crippen LogP contribution in [0.15, 0.2) is 101 Å². The van der Waals surface area contributed by atoms with Gasteiger partial charge >= 0.3 is 0 Å². The quantitative estimate of drug-likeness (QED) is 0.349. The first-order valence-electron chi connectivity index (χ1n) is 10.4. The molecule has 0 amide bonds. The SMILES string of the molecule is [NH3+]Cc1ccc(-c2nc3c(-c4cccc(S)c4)c[nH]c(=O)c3cc2-c2ccccc2)cc1. The fourth-order valence-corrected chi connectivity index (χ4v) is 4.18. The minimum Gasteiger partial charge on any atom is -0.354 e. The third kappa shape index (κ3) is 3.73. The summed E-state index contributed by atoms with van der Waals surface area (Å²) in [6, 6.07) is 28.2. The van der Waals surface area contributed by atoms with Crippen LogP contribution in [0, 0.1) is 0 Å². The van der Waals surface area contributed by atoms with E-state index in [2.05, 4.69) is 47.6 Å². The summed E-state index contributed by atoms with van der Waals surface area (Å²) in [5, 5.41) is 0.559. The monoisotopic (exact) mass is 436 g/mol. The molecule has 0 saturated heterocycles. The topological polar surface area (TPSA) is 73.4 Å². The fourth-order valence-electron chi connectivity index (χ4n) is 3.96. The number of benzene rings is 3. The number of hydrogen-bond acceptors (Lipinski definition) is 3. The zero-order valence-corrected chi connectivity index (χ0v) is 18.3. The van der Waals surface area contributed by atoms with Crippen LogP contribution in [0.3, 0.4) is 0 Å². The second-order valence-electron chi connectivity index (χ2n) is 7.68. The number of rotatable bonds is 4. The van der Waals surface area contributed by atoms with Crippen LogP contribution in [0.25, 0.3) is 44.4 Å². The van der Waals surface area contributed by atoms with Crippen molar-refractivity contribution in [1.82, 2.24) is 9.97 Å². The number of thiol groups is 1. The lowest BCUT2D eigenvalue weighted by Crippen LogP contribution is -2.47. The van der Waals surface area contributed by atoms with E-state index in [0.29, 0.717) is 10.9 Å². The van der Waals surface area contributed by atoms with Crippen LogP contribution in [0.4, 0.5) is 0 Å². The maximum Gasteiger partial charge on any atom is 0.257 e. The summed E-state index contributed by atoms with van der Waals surface area (Å²) >= 11 is 4.48. The lowest BCUT2D eigenvalue weighted by molar-refractivity contribution is -0.386. The molecule has 32 heavy (non-hydrogen) atoms. The number of aromatic nitrogens is 2. The van der Waals surface area contributed by atoms with Gasteiger partial charge in [-0.15, -0.1) is 12.6 Å². The van der Waals surface area contributed by atoms with Gasteiger partial charge in [0, 0.05) is 33.3 Å². The highest BCUT2D eigenvalue weighted by Crippen LogP contribution is 2.35. The summed E-state index contributed by atoms with van der Waals surface area (Å²) in [7, 11) is 0. The molecular weight excluding hydrogens is 414 g/mol. The molecule has 4 N–H and O–H groups in total. The Kier molecular flexibility index (Phi) is 5.35. The minimum absolute atomic E-state index is 0.158. The van der Waals surface area contributed by atoms with Crippen molar-refractivity contribution in [2.45, 2.75) is 11.4 Å². The van der Waals surface area contributed by atoms with Crippen LogP contribution in [0.1, 0.15) is 5.56 Å². The Morgan fingerprint density at radius 1 is 0.812 bits per heavy atom. The highest BCUT2D eigenvalue weighted by molar-refractivity contribution is 7.80. The molecule has 0 aliphatic heterocycles.